The van der Waals surface area contributed by atoms with E-state index in [9.17, 15) is 4.79 Å². The number of fused-ring (bicyclic) bond motifs is 1. The lowest BCUT2D eigenvalue weighted by atomic mass is 10.1. The number of carbonyl (C=O) groups is 1. The maximum absolute atomic E-state index is 10.7. The van der Waals surface area contributed by atoms with Crippen LogP contribution >= 0.6 is 0 Å². The van der Waals surface area contributed by atoms with Gasteiger partial charge in [-0.05, 0) is 25.2 Å². The fourth-order valence-electron chi connectivity index (χ4n) is 2.22. The fraction of sp³-hybridized carbons (Fsp3) is 0.700. The van der Waals surface area contributed by atoms with Gasteiger partial charge in [0.1, 0.15) is 0 Å². The van der Waals surface area contributed by atoms with Crippen LogP contribution in [0.25, 0.3) is 0 Å². The highest BCUT2D eigenvalue weighted by Gasteiger charge is 2.48. The Hall–Kier alpha value is -0.790. The van der Waals surface area contributed by atoms with E-state index < -0.39 is 5.97 Å². The third-order valence-electron chi connectivity index (χ3n) is 2.95. The molecule has 2 unspecified atom stereocenters. The van der Waals surface area contributed by atoms with E-state index in [1.165, 1.54) is 24.8 Å². The summed E-state index contributed by atoms with van der Waals surface area (Å²) in [7, 11) is 0. The number of carboxylic acid groups (broad SMARTS) is 1. The quantitative estimate of drug-likeness (QED) is 0.606. The molecule has 0 radical (unpaired) electrons. The molecule has 1 saturated carbocycles. The Labute approximate surface area is 72.3 Å². The Balaban J connectivity index is 2.06. The van der Waals surface area contributed by atoms with Crippen LogP contribution in [0.1, 0.15) is 32.1 Å². The van der Waals surface area contributed by atoms with E-state index >= 15 is 0 Å². The molecule has 0 aliphatic heterocycles. The lowest BCUT2D eigenvalue weighted by Crippen LogP contribution is -1.99. The third-order valence-corrected chi connectivity index (χ3v) is 2.95. The van der Waals surface area contributed by atoms with Crippen molar-refractivity contribution in [1.29, 1.82) is 0 Å². The molecule has 12 heavy (non-hydrogen) atoms. The number of carboxylic acids is 1. The first-order valence-corrected chi connectivity index (χ1v) is 4.73. The van der Waals surface area contributed by atoms with Crippen LogP contribution < -0.4 is 0 Å². The van der Waals surface area contributed by atoms with Gasteiger partial charge in [0, 0.05) is 0 Å². The van der Waals surface area contributed by atoms with E-state index in [4.69, 9.17) is 5.11 Å². The van der Waals surface area contributed by atoms with Gasteiger partial charge in [-0.2, -0.15) is 0 Å². The SMILES string of the molecule is O=C(O)C1/C2=C/CCCCCC21. The minimum Gasteiger partial charge on any atom is -0.481 e. The van der Waals surface area contributed by atoms with E-state index in [1.807, 2.05) is 0 Å². The molecule has 0 aromatic carbocycles. The average molecular weight is 166 g/mol. The van der Waals surface area contributed by atoms with Gasteiger partial charge in [-0.15, -0.1) is 0 Å². The number of aliphatic carboxylic acids is 1. The molecule has 0 spiro atoms. The van der Waals surface area contributed by atoms with Crippen LogP contribution in [-0.4, -0.2) is 11.1 Å². The zero-order chi connectivity index (χ0) is 8.55. The summed E-state index contributed by atoms with van der Waals surface area (Å²) in [6.07, 6.45) is 8.07. The molecule has 2 rings (SSSR count). The van der Waals surface area contributed by atoms with Gasteiger partial charge in [-0.25, -0.2) is 0 Å². The Kier molecular flexibility index (Phi) is 1.91. The number of allylic oxidation sites excluding steroid dienone is 1. The largest absolute Gasteiger partial charge is 0.481 e. The van der Waals surface area contributed by atoms with E-state index in [1.54, 1.807) is 0 Å². The van der Waals surface area contributed by atoms with Gasteiger partial charge < -0.3 is 5.11 Å². The molecule has 0 aromatic heterocycles. The monoisotopic (exact) mass is 166 g/mol. The molecule has 2 atom stereocenters. The van der Waals surface area contributed by atoms with Crippen LogP contribution in [0.3, 0.4) is 0 Å². The van der Waals surface area contributed by atoms with Crippen molar-refractivity contribution in [3.8, 4) is 0 Å². The zero-order valence-corrected chi connectivity index (χ0v) is 7.12. The fourth-order valence-corrected chi connectivity index (χ4v) is 2.22. The first kappa shape index (κ1) is 7.84. The summed E-state index contributed by atoms with van der Waals surface area (Å²) < 4.78 is 0. The molecule has 0 bridgehead atoms. The molecule has 1 N–H and O–H groups in total. The first-order valence-electron chi connectivity index (χ1n) is 4.73. The van der Waals surface area contributed by atoms with Gasteiger partial charge in [-0.3, -0.25) is 4.79 Å². The highest BCUT2D eigenvalue weighted by Crippen LogP contribution is 2.50. The molecule has 0 amide bonds. The standard InChI is InChI=1S/C10H14O2/c11-10(12)9-7-5-3-1-2-4-6-8(7)9/h5,8-9H,1-4,6H2,(H,11,12)/b7-5+. The minimum absolute atomic E-state index is 0.108. The summed E-state index contributed by atoms with van der Waals surface area (Å²) in [4.78, 5) is 10.7. The first-order chi connectivity index (χ1) is 5.80. The van der Waals surface area contributed by atoms with Crippen molar-refractivity contribution in [3.63, 3.8) is 0 Å². The van der Waals surface area contributed by atoms with Crippen molar-refractivity contribution in [2.45, 2.75) is 32.1 Å². The lowest BCUT2D eigenvalue weighted by Gasteiger charge is -1.99. The van der Waals surface area contributed by atoms with Crippen molar-refractivity contribution >= 4 is 5.97 Å². The Bertz CT molecular complexity index is 230. The topological polar surface area (TPSA) is 37.3 Å². The van der Waals surface area contributed by atoms with Crippen LogP contribution in [0.15, 0.2) is 11.6 Å². The van der Waals surface area contributed by atoms with Gasteiger partial charge in [-0.1, -0.05) is 24.5 Å². The van der Waals surface area contributed by atoms with Crippen LogP contribution in [-0.2, 0) is 4.79 Å². The molecule has 2 nitrogen and oxygen atoms in total. The maximum atomic E-state index is 10.7. The van der Waals surface area contributed by atoms with Crippen LogP contribution in [0.4, 0.5) is 0 Å². The zero-order valence-electron chi connectivity index (χ0n) is 7.12. The summed E-state index contributed by atoms with van der Waals surface area (Å²) in [6.45, 7) is 0. The van der Waals surface area contributed by atoms with Gasteiger partial charge in [0.2, 0.25) is 0 Å². The molecule has 0 aromatic rings. The van der Waals surface area contributed by atoms with E-state index in [0.29, 0.717) is 5.92 Å². The highest BCUT2D eigenvalue weighted by molar-refractivity contribution is 5.80. The second-order valence-corrected chi connectivity index (χ2v) is 3.76. The van der Waals surface area contributed by atoms with Gasteiger partial charge >= 0.3 is 5.97 Å². The van der Waals surface area contributed by atoms with Crippen LogP contribution in [0, 0.1) is 11.8 Å². The second-order valence-electron chi connectivity index (χ2n) is 3.76. The number of rotatable bonds is 1. The average Bonchev–Trinajstić information content (AvgIpc) is 2.60. The summed E-state index contributed by atoms with van der Waals surface area (Å²) in [6, 6.07) is 0. The van der Waals surface area contributed by atoms with Crippen LogP contribution in [0.2, 0.25) is 0 Å². The molecule has 0 saturated heterocycles. The lowest BCUT2D eigenvalue weighted by molar-refractivity contribution is -0.138. The predicted octanol–water partition coefficient (Wildman–Crippen LogP) is 2.21. The van der Waals surface area contributed by atoms with E-state index in [2.05, 4.69) is 6.08 Å². The predicted molar refractivity (Wildman–Crippen MR) is 45.8 cm³/mol. The summed E-state index contributed by atoms with van der Waals surface area (Å²) >= 11 is 0. The van der Waals surface area contributed by atoms with Crippen LogP contribution in [0.5, 0.6) is 0 Å². The molecule has 0 heterocycles. The summed E-state index contributed by atoms with van der Waals surface area (Å²) in [5, 5.41) is 8.83. The van der Waals surface area contributed by atoms with Gasteiger partial charge in [0.05, 0.1) is 5.92 Å². The van der Waals surface area contributed by atoms with E-state index in [-0.39, 0.29) is 5.92 Å². The maximum Gasteiger partial charge on any atom is 0.311 e. The Morgan fingerprint density at radius 2 is 2.25 bits per heavy atom. The van der Waals surface area contributed by atoms with Crippen molar-refractivity contribution in [3.05, 3.63) is 11.6 Å². The summed E-state index contributed by atoms with van der Waals surface area (Å²) in [5.41, 5.74) is 1.21. The molecule has 2 aliphatic rings. The van der Waals surface area contributed by atoms with Gasteiger partial charge in [0.15, 0.2) is 0 Å². The molecular weight excluding hydrogens is 152 g/mol. The minimum atomic E-state index is -0.617. The van der Waals surface area contributed by atoms with Crippen molar-refractivity contribution in [1.82, 2.24) is 0 Å². The summed E-state index contributed by atoms with van der Waals surface area (Å²) in [5.74, 6) is -0.320. The Morgan fingerprint density at radius 1 is 1.42 bits per heavy atom. The van der Waals surface area contributed by atoms with E-state index in [0.717, 1.165) is 12.8 Å². The molecule has 2 heteroatoms. The number of hydrogen-bond donors (Lipinski definition) is 1. The molecule has 66 valence electrons. The normalized spacial score (nSPS) is 38.5. The van der Waals surface area contributed by atoms with Crippen molar-refractivity contribution < 1.29 is 9.90 Å². The smallest absolute Gasteiger partial charge is 0.311 e. The molecule has 2 aliphatic carbocycles. The highest BCUT2D eigenvalue weighted by atomic mass is 16.4. The third kappa shape index (κ3) is 1.26. The molecular formula is C10H14O2. The number of hydrogen-bond acceptors (Lipinski definition) is 1. The Morgan fingerprint density at radius 3 is 3.00 bits per heavy atom. The van der Waals surface area contributed by atoms with Crippen molar-refractivity contribution in [2.75, 3.05) is 0 Å². The molecule has 1 fully saturated rings. The van der Waals surface area contributed by atoms with Gasteiger partial charge in [0.25, 0.3) is 0 Å². The second kappa shape index (κ2) is 2.92. The van der Waals surface area contributed by atoms with Crippen molar-refractivity contribution in [2.24, 2.45) is 11.8 Å².